The summed E-state index contributed by atoms with van der Waals surface area (Å²) in [6.07, 6.45) is 5.42. The monoisotopic (exact) mass is 166 g/mol. The number of carbonyl (C=O) groups is 1. The van der Waals surface area contributed by atoms with Crippen LogP contribution in [0, 0.1) is 0 Å². The topological polar surface area (TPSA) is 41.5 Å². The Morgan fingerprint density at radius 3 is 2.50 bits per heavy atom. The highest BCUT2D eigenvalue weighted by molar-refractivity contribution is 6.07. The van der Waals surface area contributed by atoms with Gasteiger partial charge in [-0.15, -0.1) is 0 Å². The molecule has 0 radical (unpaired) electrons. The van der Waals surface area contributed by atoms with E-state index in [1.807, 2.05) is 6.92 Å². The Hall–Kier alpha value is -0.860. The normalized spacial score (nSPS) is 27.1. The zero-order valence-electron chi connectivity index (χ0n) is 7.39. The van der Waals surface area contributed by atoms with E-state index >= 15 is 0 Å². The predicted octanol–water partition coefficient (Wildman–Crippen LogP) is 1.24. The second kappa shape index (κ2) is 2.57. The standard InChI is InChI=1S/C9H14N2O/c1-7-10-8(12)9(11-7)5-3-2-4-6-9/h2-6H2,1H3,(H,10,11,12). The van der Waals surface area contributed by atoms with Crippen LogP contribution in [0.15, 0.2) is 4.99 Å². The second-order valence-electron chi connectivity index (χ2n) is 3.74. The van der Waals surface area contributed by atoms with E-state index in [2.05, 4.69) is 10.3 Å². The highest BCUT2D eigenvalue weighted by atomic mass is 16.2. The summed E-state index contributed by atoms with van der Waals surface area (Å²) in [5.74, 6) is 0.918. The predicted molar refractivity (Wildman–Crippen MR) is 47.1 cm³/mol. The van der Waals surface area contributed by atoms with Crippen molar-refractivity contribution in [2.45, 2.75) is 44.6 Å². The largest absolute Gasteiger partial charge is 0.313 e. The lowest BCUT2D eigenvalue weighted by molar-refractivity contribution is -0.124. The lowest BCUT2D eigenvalue weighted by Crippen LogP contribution is -2.40. The third kappa shape index (κ3) is 1.04. The number of amidine groups is 1. The lowest BCUT2D eigenvalue weighted by Gasteiger charge is -2.27. The fourth-order valence-electron chi connectivity index (χ4n) is 2.16. The number of hydrogen-bond donors (Lipinski definition) is 1. The lowest BCUT2D eigenvalue weighted by atomic mass is 9.82. The van der Waals surface area contributed by atoms with Gasteiger partial charge in [-0.2, -0.15) is 0 Å². The van der Waals surface area contributed by atoms with Gasteiger partial charge in [-0.1, -0.05) is 19.3 Å². The van der Waals surface area contributed by atoms with E-state index in [0.717, 1.165) is 31.5 Å². The number of amides is 1. The van der Waals surface area contributed by atoms with Crippen molar-refractivity contribution in [3.63, 3.8) is 0 Å². The first-order valence-electron chi connectivity index (χ1n) is 4.61. The molecule has 1 fully saturated rings. The molecule has 0 atom stereocenters. The summed E-state index contributed by atoms with van der Waals surface area (Å²) >= 11 is 0. The summed E-state index contributed by atoms with van der Waals surface area (Å²) in [5.41, 5.74) is -0.359. The Kier molecular flexibility index (Phi) is 1.67. The third-order valence-electron chi connectivity index (χ3n) is 2.78. The molecule has 0 aromatic rings. The molecule has 1 spiro atoms. The van der Waals surface area contributed by atoms with E-state index in [-0.39, 0.29) is 11.4 Å². The van der Waals surface area contributed by atoms with E-state index in [0.29, 0.717) is 0 Å². The summed E-state index contributed by atoms with van der Waals surface area (Å²) in [5, 5.41) is 2.79. The average Bonchev–Trinajstić information content (AvgIpc) is 2.29. The molecule has 3 nitrogen and oxygen atoms in total. The van der Waals surface area contributed by atoms with Crippen molar-refractivity contribution in [3.05, 3.63) is 0 Å². The average molecular weight is 166 g/mol. The molecular formula is C9H14N2O. The van der Waals surface area contributed by atoms with E-state index in [9.17, 15) is 4.79 Å². The zero-order chi connectivity index (χ0) is 8.60. The molecule has 0 unspecified atom stereocenters. The van der Waals surface area contributed by atoms with E-state index < -0.39 is 0 Å². The second-order valence-corrected chi connectivity index (χ2v) is 3.74. The van der Waals surface area contributed by atoms with Crippen molar-refractivity contribution in [3.8, 4) is 0 Å². The Labute approximate surface area is 72.3 Å². The molecule has 1 heterocycles. The quantitative estimate of drug-likeness (QED) is 0.578. The molecule has 0 saturated heterocycles. The van der Waals surface area contributed by atoms with Gasteiger partial charge in [-0.3, -0.25) is 9.79 Å². The van der Waals surface area contributed by atoms with Crippen LogP contribution in [0.3, 0.4) is 0 Å². The maximum absolute atomic E-state index is 11.5. The van der Waals surface area contributed by atoms with Gasteiger partial charge in [0.1, 0.15) is 11.4 Å². The van der Waals surface area contributed by atoms with Gasteiger partial charge in [0, 0.05) is 0 Å². The number of aliphatic imine (C=N–C) groups is 1. The summed E-state index contributed by atoms with van der Waals surface area (Å²) in [6, 6.07) is 0. The molecule has 1 aliphatic carbocycles. The molecule has 1 saturated carbocycles. The van der Waals surface area contributed by atoms with Gasteiger partial charge in [0.15, 0.2) is 0 Å². The Morgan fingerprint density at radius 2 is 2.00 bits per heavy atom. The van der Waals surface area contributed by atoms with E-state index in [1.54, 1.807) is 0 Å². The molecular weight excluding hydrogens is 152 g/mol. The Morgan fingerprint density at radius 1 is 1.33 bits per heavy atom. The summed E-state index contributed by atoms with van der Waals surface area (Å²) < 4.78 is 0. The van der Waals surface area contributed by atoms with Crippen LogP contribution in [0.25, 0.3) is 0 Å². The first kappa shape index (κ1) is 7.77. The molecule has 0 bridgehead atoms. The van der Waals surface area contributed by atoms with Crippen molar-refractivity contribution >= 4 is 11.7 Å². The van der Waals surface area contributed by atoms with Crippen LogP contribution >= 0.6 is 0 Å². The molecule has 2 aliphatic rings. The minimum Gasteiger partial charge on any atom is -0.313 e. The maximum atomic E-state index is 11.5. The molecule has 1 aliphatic heterocycles. The SMILES string of the molecule is CC1=NC2(CCCCC2)C(=O)N1. The minimum absolute atomic E-state index is 0.125. The van der Waals surface area contributed by atoms with Gasteiger partial charge in [0.25, 0.3) is 5.91 Å². The third-order valence-corrected chi connectivity index (χ3v) is 2.78. The summed E-state index contributed by atoms with van der Waals surface area (Å²) in [6.45, 7) is 1.86. The van der Waals surface area contributed by atoms with Gasteiger partial charge < -0.3 is 5.32 Å². The van der Waals surface area contributed by atoms with Crippen LogP contribution in [0.5, 0.6) is 0 Å². The van der Waals surface area contributed by atoms with Crippen molar-refractivity contribution in [1.29, 1.82) is 0 Å². The minimum atomic E-state index is -0.359. The van der Waals surface area contributed by atoms with Crippen LogP contribution in [0.2, 0.25) is 0 Å². The summed E-state index contributed by atoms with van der Waals surface area (Å²) in [4.78, 5) is 16.0. The number of rotatable bonds is 0. The van der Waals surface area contributed by atoms with E-state index in [1.165, 1.54) is 6.42 Å². The number of hydrogen-bond acceptors (Lipinski definition) is 2. The van der Waals surface area contributed by atoms with Gasteiger partial charge in [0.2, 0.25) is 0 Å². The molecule has 0 aromatic heterocycles. The number of nitrogens with zero attached hydrogens (tertiary/aromatic N) is 1. The molecule has 0 aromatic carbocycles. The number of carbonyl (C=O) groups excluding carboxylic acids is 1. The van der Waals surface area contributed by atoms with Crippen LogP contribution in [-0.2, 0) is 4.79 Å². The fraction of sp³-hybridized carbons (Fsp3) is 0.778. The zero-order valence-corrected chi connectivity index (χ0v) is 7.39. The smallest absolute Gasteiger partial charge is 0.253 e. The maximum Gasteiger partial charge on any atom is 0.253 e. The molecule has 2 rings (SSSR count). The molecule has 12 heavy (non-hydrogen) atoms. The van der Waals surface area contributed by atoms with Crippen LogP contribution in [-0.4, -0.2) is 17.3 Å². The first-order chi connectivity index (χ1) is 5.73. The highest BCUT2D eigenvalue weighted by Crippen LogP contribution is 2.34. The van der Waals surface area contributed by atoms with Crippen LogP contribution in [0.1, 0.15) is 39.0 Å². The van der Waals surface area contributed by atoms with Gasteiger partial charge in [-0.25, -0.2) is 0 Å². The Bertz CT molecular complexity index is 239. The van der Waals surface area contributed by atoms with Crippen molar-refractivity contribution in [2.24, 2.45) is 4.99 Å². The van der Waals surface area contributed by atoms with Crippen LogP contribution < -0.4 is 5.32 Å². The van der Waals surface area contributed by atoms with Crippen molar-refractivity contribution < 1.29 is 4.79 Å². The molecule has 1 amide bonds. The summed E-state index contributed by atoms with van der Waals surface area (Å²) in [7, 11) is 0. The van der Waals surface area contributed by atoms with E-state index in [4.69, 9.17) is 0 Å². The fourth-order valence-corrected chi connectivity index (χ4v) is 2.16. The van der Waals surface area contributed by atoms with Crippen LogP contribution in [0.4, 0.5) is 0 Å². The molecule has 66 valence electrons. The highest BCUT2D eigenvalue weighted by Gasteiger charge is 2.42. The van der Waals surface area contributed by atoms with Gasteiger partial charge >= 0.3 is 0 Å². The van der Waals surface area contributed by atoms with Crippen molar-refractivity contribution in [2.75, 3.05) is 0 Å². The molecule has 1 N–H and O–H groups in total. The Balaban J connectivity index is 2.23. The van der Waals surface area contributed by atoms with Gasteiger partial charge in [-0.05, 0) is 19.8 Å². The number of nitrogens with one attached hydrogen (secondary N) is 1. The first-order valence-corrected chi connectivity index (χ1v) is 4.61. The van der Waals surface area contributed by atoms with Crippen molar-refractivity contribution in [1.82, 2.24) is 5.32 Å². The molecule has 3 heteroatoms. The van der Waals surface area contributed by atoms with Gasteiger partial charge in [0.05, 0.1) is 0 Å².